The summed E-state index contributed by atoms with van der Waals surface area (Å²) in [7, 11) is 0. The van der Waals surface area contributed by atoms with E-state index in [0.29, 0.717) is 15.3 Å². The van der Waals surface area contributed by atoms with Gasteiger partial charge in [0.1, 0.15) is 0 Å². The first kappa shape index (κ1) is 21.6. The molecule has 32 heavy (non-hydrogen) atoms. The zero-order valence-corrected chi connectivity index (χ0v) is 20.7. The number of thioether (sulfide) groups is 1. The van der Waals surface area contributed by atoms with Crippen molar-refractivity contribution in [1.82, 2.24) is 14.8 Å². The predicted molar refractivity (Wildman–Crippen MR) is 132 cm³/mol. The summed E-state index contributed by atoms with van der Waals surface area (Å²) >= 11 is 15.8. The minimum absolute atomic E-state index is 0.254. The highest BCUT2D eigenvalue weighted by Gasteiger charge is 2.20. The summed E-state index contributed by atoms with van der Waals surface area (Å²) in [5, 5.41) is 6.99. The smallest absolute Gasteiger partial charge is 0.231 e. The monoisotopic (exact) mass is 503 g/mol. The number of hydrogen-bond acceptors (Lipinski definition) is 6. The Morgan fingerprint density at radius 3 is 2.59 bits per heavy atom. The Labute approximate surface area is 204 Å². The SMILES string of the molecule is Cc1nn(-c2nc(-c3ccc(Cl)c(Cl)c3)c(SC(C)C)s2)cc1-c1ccc2c(c1)OCO2. The van der Waals surface area contributed by atoms with Gasteiger partial charge in [-0.1, -0.05) is 60.5 Å². The van der Waals surface area contributed by atoms with Crippen LogP contribution in [-0.2, 0) is 0 Å². The summed E-state index contributed by atoms with van der Waals surface area (Å²) in [6, 6.07) is 11.5. The first-order valence-corrected chi connectivity index (χ1v) is 12.4. The molecule has 2 aromatic carbocycles. The maximum Gasteiger partial charge on any atom is 0.231 e. The number of fused-ring (bicyclic) bond motifs is 1. The van der Waals surface area contributed by atoms with E-state index in [1.165, 1.54) is 0 Å². The van der Waals surface area contributed by atoms with Gasteiger partial charge < -0.3 is 9.47 Å². The lowest BCUT2D eigenvalue weighted by molar-refractivity contribution is 0.174. The fourth-order valence-electron chi connectivity index (χ4n) is 3.42. The van der Waals surface area contributed by atoms with Gasteiger partial charge in [0.05, 0.1) is 25.6 Å². The summed E-state index contributed by atoms with van der Waals surface area (Å²) in [6.45, 7) is 6.58. The molecule has 9 heteroatoms. The van der Waals surface area contributed by atoms with Gasteiger partial charge in [-0.15, -0.1) is 11.8 Å². The van der Waals surface area contributed by atoms with Crippen LogP contribution in [0.3, 0.4) is 0 Å². The molecule has 1 aliphatic rings. The van der Waals surface area contributed by atoms with Crippen molar-refractivity contribution >= 4 is 46.3 Å². The fourth-order valence-corrected chi connectivity index (χ4v) is 6.16. The standard InChI is InChI=1S/C23H19Cl2N3O2S2/c1-12(2)31-22-21(15-4-6-17(24)18(25)8-15)26-23(32-22)28-10-16(13(3)27-28)14-5-7-19-20(9-14)30-11-29-19/h4-10,12H,11H2,1-3H3. The van der Waals surface area contributed by atoms with Crippen LogP contribution >= 0.6 is 46.3 Å². The topological polar surface area (TPSA) is 49.2 Å². The van der Waals surface area contributed by atoms with Crippen molar-refractivity contribution in [1.29, 1.82) is 0 Å². The molecule has 5 rings (SSSR count). The molecule has 2 aromatic heterocycles. The van der Waals surface area contributed by atoms with E-state index < -0.39 is 0 Å². The lowest BCUT2D eigenvalue weighted by Gasteiger charge is -2.05. The van der Waals surface area contributed by atoms with Gasteiger partial charge in [-0.05, 0) is 36.8 Å². The third kappa shape index (κ3) is 4.10. The molecule has 3 heterocycles. The molecular formula is C23H19Cl2N3O2S2. The van der Waals surface area contributed by atoms with Crippen molar-refractivity contribution in [3.05, 3.63) is 58.3 Å². The molecule has 0 radical (unpaired) electrons. The van der Waals surface area contributed by atoms with E-state index >= 15 is 0 Å². The average Bonchev–Trinajstić information content (AvgIpc) is 3.47. The largest absolute Gasteiger partial charge is 0.454 e. The third-order valence-corrected chi connectivity index (χ3v) is 7.90. The number of aryl methyl sites for hydroxylation is 1. The molecule has 0 fully saturated rings. The molecule has 4 aromatic rings. The van der Waals surface area contributed by atoms with Crippen LogP contribution in [0.1, 0.15) is 19.5 Å². The summed E-state index contributed by atoms with van der Waals surface area (Å²) < 4.78 is 13.9. The molecular weight excluding hydrogens is 485 g/mol. The Morgan fingerprint density at radius 2 is 1.81 bits per heavy atom. The molecule has 0 N–H and O–H groups in total. The van der Waals surface area contributed by atoms with Gasteiger partial charge in [0, 0.05) is 22.6 Å². The molecule has 0 amide bonds. The number of thiazole rings is 1. The quantitative estimate of drug-likeness (QED) is 0.263. The van der Waals surface area contributed by atoms with Gasteiger partial charge in [-0.25, -0.2) is 9.67 Å². The summed E-state index contributed by atoms with van der Waals surface area (Å²) in [4.78, 5) is 4.93. The van der Waals surface area contributed by atoms with Crippen molar-refractivity contribution in [2.24, 2.45) is 0 Å². The van der Waals surface area contributed by atoms with Crippen LogP contribution < -0.4 is 9.47 Å². The number of rotatable bonds is 5. The molecule has 0 spiro atoms. The Kier molecular flexibility index (Phi) is 5.84. The number of ether oxygens (including phenoxy) is 2. The summed E-state index contributed by atoms with van der Waals surface area (Å²) in [5.74, 6) is 1.52. The van der Waals surface area contributed by atoms with Gasteiger partial charge in [0.15, 0.2) is 11.5 Å². The van der Waals surface area contributed by atoms with Crippen molar-refractivity contribution < 1.29 is 9.47 Å². The van der Waals surface area contributed by atoms with E-state index in [1.807, 2.05) is 48.1 Å². The molecule has 5 nitrogen and oxygen atoms in total. The second-order valence-corrected chi connectivity index (χ2v) is 11.2. The van der Waals surface area contributed by atoms with Crippen LogP contribution in [0, 0.1) is 6.92 Å². The Balaban J connectivity index is 1.56. The Bertz CT molecular complexity index is 1320. The van der Waals surface area contributed by atoms with Gasteiger partial charge in [-0.3, -0.25) is 0 Å². The lowest BCUT2D eigenvalue weighted by atomic mass is 10.1. The highest BCUT2D eigenvalue weighted by atomic mass is 35.5. The zero-order valence-electron chi connectivity index (χ0n) is 17.6. The minimum Gasteiger partial charge on any atom is -0.454 e. The highest BCUT2D eigenvalue weighted by Crippen LogP contribution is 2.42. The Morgan fingerprint density at radius 1 is 1.03 bits per heavy atom. The molecule has 0 bridgehead atoms. The van der Waals surface area contributed by atoms with Crippen molar-refractivity contribution in [2.45, 2.75) is 30.2 Å². The van der Waals surface area contributed by atoms with E-state index in [2.05, 4.69) is 13.8 Å². The number of benzene rings is 2. The second-order valence-electron chi connectivity index (χ2n) is 7.57. The second kappa shape index (κ2) is 8.63. The van der Waals surface area contributed by atoms with Gasteiger partial charge in [0.2, 0.25) is 11.9 Å². The molecule has 0 saturated heterocycles. The lowest BCUT2D eigenvalue weighted by Crippen LogP contribution is -1.94. The van der Waals surface area contributed by atoms with E-state index in [9.17, 15) is 0 Å². The first-order chi connectivity index (χ1) is 15.4. The fraction of sp³-hybridized carbons (Fsp3) is 0.217. The minimum atomic E-state index is 0.254. The number of aromatic nitrogens is 3. The maximum atomic E-state index is 6.28. The number of hydrogen-bond donors (Lipinski definition) is 0. The first-order valence-electron chi connectivity index (χ1n) is 9.98. The van der Waals surface area contributed by atoms with E-state index in [-0.39, 0.29) is 6.79 Å². The van der Waals surface area contributed by atoms with Crippen LogP contribution in [-0.4, -0.2) is 26.8 Å². The number of nitrogens with zero attached hydrogens (tertiary/aromatic N) is 3. The van der Waals surface area contributed by atoms with E-state index in [0.717, 1.165) is 48.9 Å². The highest BCUT2D eigenvalue weighted by molar-refractivity contribution is 8.01. The van der Waals surface area contributed by atoms with Gasteiger partial charge >= 0.3 is 0 Å². The third-order valence-electron chi connectivity index (χ3n) is 4.90. The molecule has 0 aliphatic carbocycles. The number of halogens is 2. The molecule has 0 unspecified atom stereocenters. The van der Waals surface area contributed by atoms with Crippen molar-refractivity contribution in [2.75, 3.05) is 6.79 Å². The van der Waals surface area contributed by atoms with Gasteiger partial charge in [0.25, 0.3) is 0 Å². The summed E-state index contributed by atoms with van der Waals surface area (Å²) in [5.41, 5.74) is 4.78. The normalized spacial score (nSPS) is 12.7. The Hall–Kier alpha value is -2.19. The van der Waals surface area contributed by atoms with Crippen LogP contribution in [0.15, 0.2) is 46.8 Å². The summed E-state index contributed by atoms with van der Waals surface area (Å²) in [6.07, 6.45) is 2.01. The van der Waals surface area contributed by atoms with E-state index in [4.69, 9.17) is 42.8 Å². The van der Waals surface area contributed by atoms with Crippen LogP contribution in [0.25, 0.3) is 27.5 Å². The van der Waals surface area contributed by atoms with Crippen molar-refractivity contribution in [3.63, 3.8) is 0 Å². The average molecular weight is 504 g/mol. The van der Waals surface area contributed by atoms with Gasteiger partial charge in [-0.2, -0.15) is 5.10 Å². The molecule has 0 saturated carbocycles. The van der Waals surface area contributed by atoms with Crippen molar-refractivity contribution in [3.8, 4) is 39.0 Å². The van der Waals surface area contributed by atoms with Crippen LogP contribution in [0.4, 0.5) is 0 Å². The molecule has 164 valence electrons. The molecule has 0 atom stereocenters. The molecule has 1 aliphatic heterocycles. The predicted octanol–water partition coefficient (Wildman–Crippen LogP) is 7.51. The van der Waals surface area contributed by atoms with Crippen LogP contribution in [0.2, 0.25) is 10.0 Å². The van der Waals surface area contributed by atoms with E-state index in [1.54, 1.807) is 29.2 Å². The van der Waals surface area contributed by atoms with Crippen LogP contribution in [0.5, 0.6) is 11.5 Å². The maximum absolute atomic E-state index is 6.28. The zero-order chi connectivity index (χ0) is 22.4.